The number of hydrogen-bond donors (Lipinski definition) is 0. The van der Waals surface area contributed by atoms with Crippen molar-refractivity contribution in [1.29, 1.82) is 0 Å². The van der Waals surface area contributed by atoms with Gasteiger partial charge in [-0.1, -0.05) is 32.5 Å². The quantitative estimate of drug-likeness (QED) is 0.169. The van der Waals surface area contributed by atoms with E-state index < -0.39 is 20.7 Å². The number of benzene rings is 2. The van der Waals surface area contributed by atoms with E-state index in [-0.39, 0.29) is 108 Å². The summed E-state index contributed by atoms with van der Waals surface area (Å²) in [6.07, 6.45) is 3.28. The summed E-state index contributed by atoms with van der Waals surface area (Å²) in [7, 11) is -7.63. The maximum atomic E-state index is 11.2. The Labute approximate surface area is 255 Å². The Kier molecular flexibility index (Phi) is 17.2. The molecule has 0 unspecified atom stereocenters. The monoisotopic (exact) mass is 572 g/mol. The molecule has 6 nitrogen and oxygen atoms in total. The van der Waals surface area contributed by atoms with Crippen LogP contribution < -0.4 is 103 Å². The van der Waals surface area contributed by atoms with Gasteiger partial charge in [0.2, 0.25) is 0 Å². The number of halogens is 2. The molecule has 0 aliphatic carbocycles. The second-order valence-electron chi connectivity index (χ2n) is 4.14. The van der Waals surface area contributed by atoms with Gasteiger partial charge in [-0.05, 0) is 17.7 Å². The molecule has 0 bridgehead atoms. The summed E-state index contributed by atoms with van der Waals surface area (Å²) >= 11 is 6.46. The van der Waals surface area contributed by atoms with Crippen LogP contribution in [-0.4, -0.2) is 25.6 Å². The molecule has 0 spiro atoms. The molecule has 2 rings (SSSR count). The minimum Gasteiger partial charge on any atom is -0.744 e. The van der Waals surface area contributed by atoms with Gasteiger partial charge in [0, 0.05) is 4.47 Å². The normalized spacial score (nSPS) is 10.1. The van der Waals surface area contributed by atoms with Crippen LogP contribution in [0.15, 0.2) is 50.2 Å². The molecule has 0 saturated carbocycles. The third-order valence-corrected chi connectivity index (χ3v) is 4.36. The van der Waals surface area contributed by atoms with E-state index in [0.717, 1.165) is 10.0 Å². The van der Waals surface area contributed by atoms with Gasteiger partial charge >= 0.3 is 113 Å². The van der Waals surface area contributed by atoms with Crippen molar-refractivity contribution in [2.24, 2.45) is 0 Å². The van der Waals surface area contributed by atoms with Gasteiger partial charge in [-0.2, -0.15) is 5.56 Å². The van der Waals surface area contributed by atoms with Crippen molar-refractivity contribution in [2.75, 3.05) is 0 Å². The van der Waals surface area contributed by atoms with Gasteiger partial charge in [0.05, 0.1) is 4.90 Å². The average Bonchev–Trinajstić information content (AvgIpc) is 2.46. The minimum absolute atomic E-state index is 0. The molecule has 12 heteroatoms. The van der Waals surface area contributed by atoms with E-state index in [1.165, 1.54) is 6.07 Å². The van der Waals surface area contributed by atoms with E-state index >= 15 is 0 Å². The molecule has 0 N–H and O–H groups in total. The first kappa shape index (κ1) is 30.1. The summed E-state index contributed by atoms with van der Waals surface area (Å²) in [5.74, 6) is 0. The minimum atomic E-state index is -4.52. The number of rotatable bonds is 3. The van der Waals surface area contributed by atoms with E-state index in [2.05, 4.69) is 37.9 Å². The predicted molar refractivity (Wildman–Crippen MR) is 93.7 cm³/mol. The van der Waals surface area contributed by atoms with Crippen molar-refractivity contribution in [3.05, 3.63) is 62.5 Å². The van der Waals surface area contributed by atoms with Crippen LogP contribution >= 0.6 is 31.9 Å². The zero-order chi connectivity index (χ0) is 18.3. The Hall–Kier alpha value is 1.94. The Morgan fingerprint density at radius 1 is 0.962 bits per heavy atom. The van der Waals surface area contributed by atoms with Crippen LogP contribution in [0.5, 0.6) is 0 Å². The van der Waals surface area contributed by atoms with Crippen LogP contribution in [-0.2, 0) is 20.7 Å². The SMILES string of the molecule is O=S(=O)([O-])c1cc(Br)ccc1/C=C/c1[c-]cc(Br)cc1.O=S(=O)=O.[K+].[K+]. The van der Waals surface area contributed by atoms with Crippen LogP contribution in [0.2, 0.25) is 0 Å². The summed E-state index contributed by atoms with van der Waals surface area (Å²) < 4.78 is 60.5. The fourth-order valence-corrected chi connectivity index (χ4v) is 3.02. The summed E-state index contributed by atoms with van der Waals surface area (Å²) in [4.78, 5) is -0.250. The van der Waals surface area contributed by atoms with Gasteiger partial charge in [-0.25, -0.2) is 8.42 Å². The fraction of sp³-hybridized carbons (Fsp3) is 0. The maximum Gasteiger partial charge on any atom is 1.00 e. The molecule has 0 amide bonds. The van der Waals surface area contributed by atoms with Gasteiger partial charge < -0.3 is 4.55 Å². The largest absolute Gasteiger partial charge is 1.00 e. The van der Waals surface area contributed by atoms with Crippen molar-refractivity contribution in [3.8, 4) is 0 Å². The van der Waals surface area contributed by atoms with Crippen LogP contribution in [0.25, 0.3) is 12.2 Å². The van der Waals surface area contributed by atoms with E-state index in [9.17, 15) is 13.0 Å². The molecular weight excluding hydrogens is 566 g/mol. The zero-order valence-electron chi connectivity index (χ0n) is 13.6. The third-order valence-electron chi connectivity index (χ3n) is 2.49. The number of hydrogen-bond acceptors (Lipinski definition) is 6. The molecule has 0 radical (unpaired) electrons. The van der Waals surface area contributed by atoms with Crippen molar-refractivity contribution >= 4 is 64.7 Å². The van der Waals surface area contributed by atoms with Crippen molar-refractivity contribution < 1.29 is 128 Å². The van der Waals surface area contributed by atoms with E-state index in [4.69, 9.17) is 12.6 Å². The molecular formula is C14H8Br2K2O6S2. The molecule has 0 saturated heterocycles. The van der Waals surface area contributed by atoms with Crippen LogP contribution in [0.3, 0.4) is 0 Å². The van der Waals surface area contributed by atoms with Gasteiger partial charge in [-0.15, -0.1) is 58.9 Å². The fourth-order valence-electron chi connectivity index (χ4n) is 1.56. The zero-order valence-corrected chi connectivity index (χ0v) is 24.7. The summed E-state index contributed by atoms with van der Waals surface area (Å²) in [6.45, 7) is 0. The molecule has 2 aromatic carbocycles. The molecule has 2 aromatic rings. The predicted octanol–water partition coefficient (Wildman–Crippen LogP) is -2.91. The van der Waals surface area contributed by atoms with E-state index in [1.807, 2.05) is 12.1 Å². The van der Waals surface area contributed by atoms with Crippen molar-refractivity contribution in [1.82, 2.24) is 0 Å². The second-order valence-corrected chi connectivity index (χ2v) is 7.72. The first-order valence-electron chi connectivity index (χ1n) is 5.97. The van der Waals surface area contributed by atoms with E-state index in [0.29, 0.717) is 10.0 Å². The Morgan fingerprint density at radius 2 is 1.50 bits per heavy atom. The second kappa shape index (κ2) is 14.9. The van der Waals surface area contributed by atoms with Crippen LogP contribution in [0.1, 0.15) is 11.1 Å². The van der Waals surface area contributed by atoms with Crippen LogP contribution in [0, 0.1) is 6.07 Å². The van der Waals surface area contributed by atoms with Crippen molar-refractivity contribution in [3.63, 3.8) is 0 Å². The van der Waals surface area contributed by atoms with Crippen LogP contribution in [0.4, 0.5) is 0 Å². The molecule has 128 valence electrons. The first-order valence-corrected chi connectivity index (χ1v) is 9.96. The standard InChI is InChI=1S/C14H9Br2O3S.2K.O3S/c15-12-6-2-10(3-7-12)1-4-11-5-8-13(16)9-14(11)20(17,18)19;;;1-4(2)3/h1-2,4-9H,(H,17,18,19);;;/q-1;2*+1;/p-1/b4-1+;;;. The molecule has 26 heavy (non-hydrogen) atoms. The molecule has 0 fully saturated rings. The van der Waals surface area contributed by atoms with Gasteiger partial charge in [0.25, 0.3) is 0 Å². The third kappa shape index (κ3) is 12.5. The Balaban J connectivity index is 0. The average molecular weight is 574 g/mol. The van der Waals surface area contributed by atoms with Gasteiger partial charge in [-0.3, -0.25) is 0 Å². The first-order chi connectivity index (χ1) is 11.1. The molecule has 0 aliphatic rings. The van der Waals surface area contributed by atoms with E-state index in [1.54, 1.807) is 30.4 Å². The molecule has 0 heterocycles. The smallest absolute Gasteiger partial charge is 0.744 e. The van der Waals surface area contributed by atoms with Crippen molar-refractivity contribution in [2.45, 2.75) is 4.90 Å². The molecule has 0 atom stereocenters. The molecule has 0 aliphatic heterocycles. The molecule has 0 aromatic heterocycles. The summed E-state index contributed by atoms with van der Waals surface area (Å²) in [6, 6.07) is 13.0. The Bertz CT molecular complexity index is 953. The summed E-state index contributed by atoms with van der Waals surface area (Å²) in [5, 5.41) is 0. The topological polar surface area (TPSA) is 108 Å². The maximum absolute atomic E-state index is 11.2. The van der Waals surface area contributed by atoms with Gasteiger partial charge in [0.15, 0.2) is 0 Å². The summed E-state index contributed by atoms with van der Waals surface area (Å²) in [5.41, 5.74) is 1.13. The van der Waals surface area contributed by atoms with Gasteiger partial charge in [0.1, 0.15) is 10.1 Å². The Morgan fingerprint density at radius 3 is 1.96 bits per heavy atom.